The third-order valence-electron chi connectivity index (χ3n) is 1.54. The minimum atomic E-state index is -0.241. The Balaban J connectivity index is 3.36. The zero-order valence-corrected chi connectivity index (χ0v) is 7.22. The minimum Gasteiger partial charge on any atom is -0.505 e. The summed E-state index contributed by atoms with van der Waals surface area (Å²) in [5, 5.41) is 9.57. The molecule has 64 valence electrons. The van der Waals surface area contributed by atoms with Crippen molar-refractivity contribution in [3.05, 3.63) is 22.7 Å². The van der Waals surface area contributed by atoms with Crippen molar-refractivity contribution >= 4 is 23.1 Å². The molecule has 12 heavy (non-hydrogen) atoms. The zero-order valence-electron chi connectivity index (χ0n) is 6.47. The highest BCUT2D eigenvalue weighted by molar-refractivity contribution is 6.33. The van der Waals surface area contributed by atoms with E-state index in [0.717, 1.165) is 0 Å². The molecule has 0 atom stereocenters. The molecule has 1 aromatic rings. The molecule has 0 fully saturated rings. The summed E-state index contributed by atoms with van der Waals surface area (Å²) < 4.78 is 0. The Bertz CT molecular complexity index is 336. The quantitative estimate of drug-likeness (QED) is 0.399. The van der Waals surface area contributed by atoms with Gasteiger partial charge in [0.2, 0.25) is 0 Å². The Hall–Kier alpha value is -1.22. The van der Waals surface area contributed by atoms with Crippen LogP contribution in [0.4, 0.5) is 5.69 Å². The topological polar surface area (TPSA) is 63.3 Å². The Morgan fingerprint density at radius 1 is 1.58 bits per heavy atom. The highest BCUT2D eigenvalue weighted by atomic mass is 35.5. The van der Waals surface area contributed by atoms with E-state index in [1.807, 2.05) is 0 Å². The number of aromatic hydroxyl groups is 1. The minimum absolute atomic E-state index is 0.0457. The molecule has 1 rings (SSSR count). The van der Waals surface area contributed by atoms with Gasteiger partial charge in [-0.15, -0.1) is 0 Å². The second-order valence-corrected chi connectivity index (χ2v) is 2.82. The summed E-state index contributed by atoms with van der Waals surface area (Å²) in [6.07, 6.45) is 0. The van der Waals surface area contributed by atoms with Gasteiger partial charge in [0, 0.05) is 0 Å². The summed E-state index contributed by atoms with van der Waals surface area (Å²) in [6.45, 7) is 1.35. The van der Waals surface area contributed by atoms with E-state index < -0.39 is 0 Å². The van der Waals surface area contributed by atoms with Gasteiger partial charge in [0.1, 0.15) is 0 Å². The SMILES string of the molecule is CC(=O)c1ccc(Cl)c(N)c1O. The molecule has 3 nitrogen and oxygen atoms in total. The van der Waals surface area contributed by atoms with E-state index in [-0.39, 0.29) is 27.8 Å². The molecule has 0 saturated heterocycles. The van der Waals surface area contributed by atoms with Gasteiger partial charge in [-0.25, -0.2) is 0 Å². The van der Waals surface area contributed by atoms with Crippen molar-refractivity contribution < 1.29 is 9.90 Å². The lowest BCUT2D eigenvalue weighted by atomic mass is 10.1. The molecule has 0 aliphatic heterocycles. The maximum Gasteiger partial charge on any atom is 0.163 e. The molecule has 0 unspecified atom stereocenters. The van der Waals surface area contributed by atoms with Crippen LogP contribution in [0, 0.1) is 0 Å². The van der Waals surface area contributed by atoms with Crippen LogP contribution in [0.2, 0.25) is 5.02 Å². The molecule has 3 N–H and O–H groups in total. The number of nitrogen functional groups attached to an aromatic ring is 1. The van der Waals surface area contributed by atoms with Gasteiger partial charge in [-0.3, -0.25) is 4.79 Å². The first-order valence-corrected chi connectivity index (χ1v) is 3.69. The second-order valence-electron chi connectivity index (χ2n) is 2.41. The molecule has 0 bridgehead atoms. The van der Waals surface area contributed by atoms with Gasteiger partial charge in [-0.1, -0.05) is 11.6 Å². The standard InChI is InChI=1S/C8H8ClNO2/c1-4(11)5-2-3-6(9)7(10)8(5)12/h2-3,12H,10H2,1H3. The van der Waals surface area contributed by atoms with Crippen molar-refractivity contribution in [2.45, 2.75) is 6.92 Å². The van der Waals surface area contributed by atoms with E-state index in [1.54, 1.807) is 0 Å². The van der Waals surface area contributed by atoms with Crippen molar-refractivity contribution in [2.24, 2.45) is 0 Å². The Labute approximate surface area is 74.8 Å². The number of ketones is 1. The lowest BCUT2D eigenvalue weighted by molar-refractivity contribution is 0.101. The van der Waals surface area contributed by atoms with Crippen LogP contribution in [0.15, 0.2) is 12.1 Å². The van der Waals surface area contributed by atoms with E-state index in [9.17, 15) is 9.90 Å². The van der Waals surface area contributed by atoms with Gasteiger partial charge in [0.15, 0.2) is 11.5 Å². The average molecular weight is 186 g/mol. The average Bonchev–Trinajstić information content (AvgIpc) is 2.00. The molecule has 0 aliphatic rings. The normalized spacial score (nSPS) is 9.83. The van der Waals surface area contributed by atoms with Crippen LogP contribution in [0.3, 0.4) is 0 Å². The molecule has 0 aliphatic carbocycles. The first-order chi connectivity index (χ1) is 5.54. The molecule has 0 radical (unpaired) electrons. The largest absolute Gasteiger partial charge is 0.505 e. The van der Waals surface area contributed by atoms with Crippen molar-refractivity contribution in [1.29, 1.82) is 0 Å². The van der Waals surface area contributed by atoms with Crippen molar-refractivity contribution in [3.8, 4) is 5.75 Å². The fraction of sp³-hybridized carbons (Fsp3) is 0.125. The van der Waals surface area contributed by atoms with Gasteiger partial charge < -0.3 is 10.8 Å². The summed E-state index contributed by atoms with van der Waals surface area (Å²) in [6, 6.07) is 2.92. The smallest absolute Gasteiger partial charge is 0.163 e. The third-order valence-corrected chi connectivity index (χ3v) is 1.87. The van der Waals surface area contributed by atoms with Crippen LogP contribution in [-0.4, -0.2) is 10.9 Å². The fourth-order valence-electron chi connectivity index (χ4n) is 0.868. The Morgan fingerprint density at radius 3 is 2.67 bits per heavy atom. The van der Waals surface area contributed by atoms with Crippen molar-refractivity contribution in [1.82, 2.24) is 0 Å². The van der Waals surface area contributed by atoms with Gasteiger partial charge in [-0.2, -0.15) is 0 Å². The summed E-state index contributed by atoms with van der Waals surface area (Å²) in [4.78, 5) is 10.9. The number of Topliss-reactive ketones (excluding diaryl/α,β-unsaturated/α-hetero) is 1. The summed E-state index contributed by atoms with van der Waals surface area (Å²) in [7, 11) is 0. The first kappa shape index (κ1) is 8.87. The van der Waals surface area contributed by atoms with Crippen LogP contribution in [-0.2, 0) is 0 Å². The van der Waals surface area contributed by atoms with E-state index in [1.165, 1.54) is 19.1 Å². The number of benzene rings is 1. The van der Waals surface area contributed by atoms with Crippen LogP contribution < -0.4 is 5.73 Å². The number of rotatable bonds is 1. The molecule has 0 amide bonds. The highest BCUT2D eigenvalue weighted by Crippen LogP contribution is 2.31. The number of anilines is 1. The van der Waals surface area contributed by atoms with Crippen LogP contribution >= 0.6 is 11.6 Å². The number of phenolic OH excluding ortho intramolecular Hbond substituents is 1. The number of carbonyl (C=O) groups excluding carboxylic acids is 1. The summed E-state index contributed by atoms with van der Waals surface area (Å²) in [5.74, 6) is -0.481. The van der Waals surface area contributed by atoms with Gasteiger partial charge in [-0.05, 0) is 19.1 Å². The molecule has 4 heteroatoms. The maximum atomic E-state index is 10.9. The van der Waals surface area contributed by atoms with E-state index in [2.05, 4.69) is 0 Å². The van der Waals surface area contributed by atoms with Crippen molar-refractivity contribution in [2.75, 3.05) is 5.73 Å². The predicted molar refractivity (Wildman–Crippen MR) is 47.5 cm³/mol. The summed E-state index contributed by atoms with van der Waals surface area (Å²) >= 11 is 5.59. The number of hydrogen-bond acceptors (Lipinski definition) is 3. The molecule has 0 spiro atoms. The first-order valence-electron chi connectivity index (χ1n) is 3.32. The number of phenols is 1. The third kappa shape index (κ3) is 1.36. The van der Waals surface area contributed by atoms with Crippen LogP contribution in [0.25, 0.3) is 0 Å². The lowest BCUT2D eigenvalue weighted by Gasteiger charge is -2.04. The molecule has 0 saturated carbocycles. The van der Waals surface area contributed by atoms with Crippen LogP contribution in [0.5, 0.6) is 5.75 Å². The predicted octanol–water partition coefficient (Wildman–Crippen LogP) is 1.83. The van der Waals surface area contributed by atoms with Crippen molar-refractivity contribution in [3.63, 3.8) is 0 Å². The molecular weight excluding hydrogens is 178 g/mol. The Morgan fingerprint density at radius 2 is 2.17 bits per heavy atom. The summed E-state index contributed by atoms with van der Waals surface area (Å²) in [5.41, 5.74) is 5.62. The maximum absolute atomic E-state index is 10.9. The van der Waals surface area contributed by atoms with Gasteiger partial charge in [0.05, 0.1) is 16.3 Å². The number of carbonyl (C=O) groups is 1. The monoisotopic (exact) mass is 185 g/mol. The molecule has 0 heterocycles. The zero-order chi connectivity index (χ0) is 9.30. The second kappa shape index (κ2) is 3.03. The molecule has 0 aromatic heterocycles. The Kier molecular flexibility index (Phi) is 2.24. The number of halogens is 1. The fourth-order valence-corrected chi connectivity index (χ4v) is 1.02. The van der Waals surface area contributed by atoms with E-state index >= 15 is 0 Å². The number of nitrogens with two attached hydrogens (primary N) is 1. The van der Waals surface area contributed by atoms with E-state index in [0.29, 0.717) is 0 Å². The lowest BCUT2D eigenvalue weighted by Crippen LogP contribution is -1.96. The highest BCUT2D eigenvalue weighted by Gasteiger charge is 2.11. The van der Waals surface area contributed by atoms with Gasteiger partial charge >= 0.3 is 0 Å². The molecular formula is C8H8ClNO2. The van der Waals surface area contributed by atoms with Gasteiger partial charge in [0.25, 0.3) is 0 Å². The molecule has 1 aromatic carbocycles. The van der Waals surface area contributed by atoms with E-state index in [4.69, 9.17) is 17.3 Å². The van der Waals surface area contributed by atoms with Crippen LogP contribution in [0.1, 0.15) is 17.3 Å². The number of hydrogen-bond donors (Lipinski definition) is 2.